The molecule has 0 unspecified atom stereocenters. The number of nitrogens with one attached hydrogen (secondary N) is 2. The maximum Gasteiger partial charge on any atom is 0.255 e. The third-order valence-electron chi connectivity index (χ3n) is 4.25. The van der Waals surface area contributed by atoms with E-state index in [-0.39, 0.29) is 11.7 Å². The number of nitrogens with zero attached hydrogens (tertiary/aromatic N) is 1. The zero-order valence-electron chi connectivity index (χ0n) is 15.1. The highest BCUT2D eigenvalue weighted by Crippen LogP contribution is 2.32. The number of aromatic amines is 1. The molecule has 0 aliphatic rings. The van der Waals surface area contributed by atoms with Gasteiger partial charge in [0.05, 0.1) is 24.4 Å². The largest absolute Gasteiger partial charge is 0.492 e. The minimum absolute atomic E-state index is 0.0686. The van der Waals surface area contributed by atoms with Gasteiger partial charge in [0.25, 0.3) is 5.95 Å². The van der Waals surface area contributed by atoms with Gasteiger partial charge in [-0.05, 0) is 37.3 Å². The maximum atomic E-state index is 13.9. The van der Waals surface area contributed by atoms with Crippen LogP contribution in [0.5, 0.6) is 5.75 Å². The Bertz CT molecular complexity index is 990. The standard InChI is InChI=1S/C19H19ClFN3O3/c1-10(26-2)19(25)22-9-12-6-11-7-14(20)13(8-16(11)23-12)15-4-5-17(27-3)18(21)24-15/h4-8,10,23H,9H2,1-3H3,(H,22,25)/t10-/m0/s1. The van der Waals surface area contributed by atoms with E-state index in [2.05, 4.69) is 15.3 Å². The number of benzene rings is 1. The van der Waals surface area contributed by atoms with Crippen molar-refractivity contribution >= 4 is 28.4 Å². The van der Waals surface area contributed by atoms with Gasteiger partial charge in [0.15, 0.2) is 5.75 Å². The first-order valence-electron chi connectivity index (χ1n) is 8.25. The van der Waals surface area contributed by atoms with Crippen molar-refractivity contribution in [1.29, 1.82) is 0 Å². The van der Waals surface area contributed by atoms with E-state index < -0.39 is 12.1 Å². The minimum atomic E-state index is -0.701. The number of pyridine rings is 1. The van der Waals surface area contributed by atoms with Gasteiger partial charge in [-0.25, -0.2) is 4.98 Å². The van der Waals surface area contributed by atoms with Crippen molar-refractivity contribution in [3.63, 3.8) is 0 Å². The number of carbonyl (C=O) groups excluding carboxylic acids is 1. The van der Waals surface area contributed by atoms with E-state index in [9.17, 15) is 9.18 Å². The molecule has 1 atom stereocenters. The van der Waals surface area contributed by atoms with Gasteiger partial charge >= 0.3 is 0 Å². The van der Waals surface area contributed by atoms with Crippen LogP contribution in [-0.2, 0) is 16.1 Å². The van der Waals surface area contributed by atoms with Crippen LogP contribution >= 0.6 is 11.6 Å². The van der Waals surface area contributed by atoms with Crippen LogP contribution in [0.2, 0.25) is 5.02 Å². The molecule has 2 heterocycles. The first-order chi connectivity index (χ1) is 12.9. The smallest absolute Gasteiger partial charge is 0.255 e. The van der Waals surface area contributed by atoms with Crippen LogP contribution in [0.1, 0.15) is 12.6 Å². The Balaban J connectivity index is 1.88. The third kappa shape index (κ3) is 4.04. The molecule has 1 amide bonds. The molecule has 0 bridgehead atoms. The highest BCUT2D eigenvalue weighted by Gasteiger charge is 2.14. The number of aromatic nitrogens is 2. The average Bonchev–Trinajstić information content (AvgIpc) is 3.06. The third-order valence-corrected chi connectivity index (χ3v) is 4.56. The lowest BCUT2D eigenvalue weighted by molar-refractivity contribution is -0.130. The molecular weight excluding hydrogens is 373 g/mol. The normalized spacial score (nSPS) is 12.2. The second kappa shape index (κ2) is 7.94. The van der Waals surface area contributed by atoms with Crippen molar-refractivity contribution in [1.82, 2.24) is 15.3 Å². The number of methoxy groups -OCH3 is 2. The summed E-state index contributed by atoms with van der Waals surface area (Å²) in [4.78, 5) is 19.0. The quantitative estimate of drug-likeness (QED) is 0.628. The van der Waals surface area contributed by atoms with Gasteiger partial charge in [-0.15, -0.1) is 0 Å². The van der Waals surface area contributed by atoms with E-state index in [1.165, 1.54) is 20.3 Å². The molecule has 0 spiro atoms. The molecule has 1 aromatic carbocycles. The molecule has 2 aromatic heterocycles. The maximum absolute atomic E-state index is 13.9. The molecule has 0 saturated heterocycles. The van der Waals surface area contributed by atoms with Crippen molar-refractivity contribution in [2.24, 2.45) is 0 Å². The van der Waals surface area contributed by atoms with E-state index in [1.807, 2.05) is 6.07 Å². The molecule has 0 fully saturated rings. The highest BCUT2D eigenvalue weighted by molar-refractivity contribution is 6.34. The molecule has 0 radical (unpaired) electrons. The van der Waals surface area contributed by atoms with Crippen molar-refractivity contribution in [3.8, 4) is 17.0 Å². The van der Waals surface area contributed by atoms with Gasteiger partial charge in [-0.3, -0.25) is 4.79 Å². The zero-order valence-corrected chi connectivity index (χ0v) is 15.9. The van der Waals surface area contributed by atoms with Crippen LogP contribution < -0.4 is 10.1 Å². The number of fused-ring (bicyclic) bond motifs is 1. The first-order valence-corrected chi connectivity index (χ1v) is 8.63. The van der Waals surface area contributed by atoms with Crippen molar-refractivity contribution < 1.29 is 18.7 Å². The zero-order chi connectivity index (χ0) is 19.6. The fourth-order valence-corrected chi connectivity index (χ4v) is 2.93. The number of carbonyl (C=O) groups is 1. The number of amides is 1. The summed E-state index contributed by atoms with van der Waals surface area (Å²) in [5.74, 6) is -0.833. The van der Waals surface area contributed by atoms with Crippen LogP contribution in [0.25, 0.3) is 22.2 Å². The summed E-state index contributed by atoms with van der Waals surface area (Å²) in [5, 5.41) is 4.11. The lowest BCUT2D eigenvalue weighted by atomic mass is 10.1. The fourth-order valence-electron chi connectivity index (χ4n) is 2.66. The summed E-state index contributed by atoms with van der Waals surface area (Å²) in [6, 6.07) is 8.62. The molecule has 0 aliphatic carbocycles. The van der Waals surface area contributed by atoms with Crippen LogP contribution in [-0.4, -0.2) is 36.2 Å². The number of ether oxygens (including phenoxy) is 2. The first kappa shape index (κ1) is 19.1. The predicted molar refractivity (Wildman–Crippen MR) is 101 cm³/mol. The lowest BCUT2D eigenvalue weighted by Gasteiger charge is -2.09. The number of rotatable bonds is 6. The highest BCUT2D eigenvalue weighted by atomic mass is 35.5. The molecule has 0 saturated carbocycles. The van der Waals surface area contributed by atoms with E-state index in [1.54, 1.807) is 25.1 Å². The van der Waals surface area contributed by atoms with E-state index in [0.717, 1.165) is 16.6 Å². The second-order valence-corrected chi connectivity index (χ2v) is 6.41. The summed E-state index contributed by atoms with van der Waals surface area (Å²) in [5.41, 5.74) is 2.61. The molecule has 3 aromatic rings. The second-order valence-electron chi connectivity index (χ2n) is 6.00. The molecule has 0 aliphatic heterocycles. The Hall–Kier alpha value is -2.64. The molecular formula is C19H19ClFN3O3. The molecule has 27 heavy (non-hydrogen) atoms. The van der Waals surface area contributed by atoms with Crippen molar-refractivity contribution in [3.05, 3.63) is 47.0 Å². The Morgan fingerprint density at radius 1 is 1.33 bits per heavy atom. The monoisotopic (exact) mass is 391 g/mol. The topological polar surface area (TPSA) is 76.2 Å². The lowest BCUT2D eigenvalue weighted by Crippen LogP contribution is -2.33. The van der Waals surface area contributed by atoms with Crippen LogP contribution in [0.15, 0.2) is 30.3 Å². The Labute approximate surface area is 160 Å². The van der Waals surface area contributed by atoms with Gasteiger partial charge < -0.3 is 19.8 Å². The number of hydrogen-bond donors (Lipinski definition) is 2. The number of hydrogen-bond acceptors (Lipinski definition) is 4. The van der Waals surface area contributed by atoms with Crippen LogP contribution in [0.4, 0.5) is 4.39 Å². The minimum Gasteiger partial charge on any atom is -0.492 e. The van der Waals surface area contributed by atoms with Gasteiger partial charge in [-0.1, -0.05) is 11.6 Å². The van der Waals surface area contributed by atoms with Gasteiger partial charge in [-0.2, -0.15) is 4.39 Å². The summed E-state index contributed by atoms with van der Waals surface area (Å²) >= 11 is 6.37. The van der Waals surface area contributed by atoms with Crippen LogP contribution in [0, 0.1) is 5.95 Å². The van der Waals surface area contributed by atoms with Gasteiger partial charge in [0, 0.05) is 29.3 Å². The summed E-state index contributed by atoms with van der Waals surface area (Å²) in [7, 11) is 2.86. The molecule has 3 rings (SSSR count). The Morgan fingerprint density at radius 2 is 2.11 bits per heavy atom. The van der Waals surface area contributed by atoms with Crippen molar-refractivity contribution in [2.45, 2.75) is 19.6 Å². The number of H-pyrrole nitrogens is 1. The van der Waals surface area contributed by atoms with E-state index in [4.69, 9.17) is 21.1 Å². The van der Waals surface area contributed by atoms with Gasteiger partial charge in [0.2, 0.25) is 5.91 Å². The summed E-state index contributed by atoms with van der Waals surface area (Å²) < 4.78 is 23.8. The molecule has 6 nitrogen and oxygen atoms in total. The molecule has 2 N–H and O–H groups in total. The van der Waals surface area contributed by atoms with Crippen LogP contribution in [0.3, 0.4) is 0 Å². The molecule has 142 valence electrons. The Morgan fingerprint density at radius 3 is 2.78 bits per heavy atom. The predicted octanol–water partition coefficient (Wildman–Crippen LogP) is 3.68. The Kier molecular flexibility index (Phi) is 5.62. The van der Waals surface area contributed by atoms with Crippen molar-refractivity contribution in [2.75, 3.05) is 14.2 Å². The SMILES string of the molecule is COc1ccc(-c2cc3[nH]c(CNC(=O)[C@H](C)OC)cc3cc2Cl)nc1F. The van der Waals surface area contributed by atoms with E-state index in [0.29, 0.717) is 22.8 Å². The van der Waals surface area contributed by atoms with Gasteiger partial charge in [0.1, 0.15) is 6.10 Å². The fraction of sp³-hybridized carbons (Fsp3) is 0.263. The number of halogens is 2. The summed E-state index contributed by atoms with van der Waals surface area (Å²) in [6.07, 6.45) is -0.522. The summed E-state index contributed by atoms with van der Waals surface area (Å²) in [6.45, 7) is 2.00. The van der Waals surface area contributed by atoms with E-state index >= 15 is 0 Å². The molecule has 8 heteroatoms. The average molecular weight is 392 g/mol.